The highest BCUT2D eigenvalue weighted by Crippen LogP contribution is 2.31. The van der Waals surface area contributed by atoms with Crippen molar-refractivity contribution in [3.63, 3.8) is 0 Å². The molecule has 2 heterocycles. The van der Waals surface area contributed by atoms with Crippen LogP contribution in [0.25, 0.3) is 0 Å². The Kier molecular flexibility index (Phi) is 6.68. The molecule has 0 fully saturated rings. The van der Waals surface area contributed by atoms with Crippen LogP contribution in [0.5, 0.6) is 11.5 Å². The van der Waals surface area contributed by atoms with Gasteiger partial charge in [0.05, 0.1) is 12.1 Å². The Balaban J connectivity index is 1.60. The molecule has 3 rings (SSSR count). The van der Waals surface area contributed by atoms with Gasteiger partial charge in [0, 0.05) is 46.4 Å². The minimum absolute atomic E-state index is 0.0668. The summed E-state index contributed by atoms with van der Waals surface area (Å²) in [4.78, 5) is 17.4. The molecule has 1 amide bonds. The zero-order valence-electron chi connectivity index (χ0n) is 14.8. The summed E-state index contributed by atoms with van der Waals surface area (Å²) in [6, 6.07) is 11.0. The number of rotatable bonds is 8. The number of nitrogens with zero attached hydrogens (tertiary/aromatic N) is 1. The van der Waals surface area contributed by atoms with Crippen LogP contribution in [0.3, 0.4) is 0 Å². The first-order valence-electron chi connectivity index (χ1n) is 8.36. The summed E-state index contributed by atoms with van der Waals surface area (Å²) in [7, 11) is 1.58. The molecule has 0 atom stereocenters. The number of carbonyl (C=O) groups excluding carboxylic acids is 1. The van der Waals surface area contributed by atoms with Crippen molar-refractivity contribution >= 4 is 34.5 Å². The lowest BCUT2D eigenvalue weighted by Gasteiger charge is -2.13. The third-order valence-corrected chi connectivity index (χ3v) is 5.13. The zero-order chi connectivity index (χ0) is 19.1. The molecule has 0 unspecified atom stereocenters. The number of aryl methyl sites for hydroxylation is 1. The highest BCUT2D eigenvalue weighted by molar-refractivity contribution is 7.10. The quantitative estimate of drug-likeness (QED) is 0.578. The average molecular weight is 403 g/mol. The molecule has 0 aliphatic rings. The van der Waals surface area contributed by atoms with Crippen molar-refractivity contribution < 1.29 is 14.3 Å². The maximum Gasteiger partial charge on any atom is 0.224 e. The van der Waals surface area contributed by atoms with Gasteiger partial charge in [-0.2, -0.15) is 0 Å². The van der Waals surface area contributed by atoms with Gasteiger partial charge in [0.1, 0.15) is 6.61 Å². The molecule has 0 aliphatic carbocycles. The van der Waals surface area contributed by atoms with Crippen molar-refractivity contribution in [2.75, 3.05) is 12.4 Å². The lowest BCUT2D eigenvalue weighted by molar-refractivity contribution is -0.116. The van der Waals surface area contributed by atoms with Gasteiger partial charge in [-0.3, -0.25) is 9.78 Å². The average Bonchev–Trinajstić information content (AvgIpc) is 3.11. The monoisotopic (exact) mass is 402 g/mol. The SMILES string of the molecule is COc1ccc(NC(=O)CCc2cc(Cl)cs2)cc1OCc1cccnc1. The van der Waals surface area contributed by atoms with Crippen LogP contribution in [0.1, 0.15) is 16.9 Å². The van der Waals surface area contributed by atoms with Gasteiger partial charge in [0.15, 0.2) is 11.5 Å². The molecule has 140 valence electrons. The Morgan fingerprint density at radius 2 is 2.15 bits per heavy atom. The number of ether oxygens (including phenoxy) is 2. The van der Waals surface area contributed by atoms with Gasteiger partial charge in [-0.05, 0) is 30.7 Å². The van der Waals surface area contributed by atoms with Crippen molar-refractivity contribution in [1.29, 1.82) is 0 Å². The number of nitrogens with one attached hydrogen (secondary N) is 1. The highest BCUT2D eigenvalue weighted by Gasteiger charge is 2.10. The molecule has 0 aliphatic heterocycles. The van der Waals surface area contributed by atoms with Gasteiger partial charge in [0.25, 0.3) is 0 Å². The van der Waals surface area contributed by atoms with E-state index in [1.54, 1.807) is 49.0 Å². The van der Waals surface area contributed by atoms with Crippen LogP contribution in [-0.2, 0) is 17.8 Å². The number of methoxy groups -OCH3 is 1. The van der Waals surface area contributed by atoms with Gasteiger partial charge in [-0.1, -0.05) is 17.7 Å². The van der Waals surface area contributed by atoms with E-state index in [1.165, 1.54) is 0 Å². The number of aromatic nitrogens is 1. The molecule has 7 heteroatoms. The van der Waals surface area contributed by atoms with Gasteiger partial charge < -0.3 is 14.8 Å². The normalized spacial score (nSPS) is 10.4. The minimum atomic E-state index is -0.0668. The molecule has 27 heavy (non-hydrogen) atoms. The Labute approximate surface area is 166 Å². The van der Waals surface area contributed by atoms with E-state index in [9.17, 15) is 4.79 Å². The van der Waals surface area contributed by atoms with Crippen LogP contribution >= 0.6 is 22.9 Å². The van der Waals surface area contributed by atoms with Gasteiger partial charge in [-0.15, -0.1) is 11.3 Å². The molecule has 1 aromatic carbocycles. The maximum absolute atomic E-state index is 12.2. The Hall–Kier alpha value is -2.57. The number of carbonyl (C=O) groups is 1. The maximum atomic E-state index is 12.2. The van der Waals surface area contributed by atoms with Crippen LogP contribution in [-0.4, -0.2) is 18.0 Å². The van der Waals surface area contributed by atoms with Gasteiger partial charge in [-0.25, -0.2) is 0 Å². The van der Waals surface area contributed by atoms with E-state index in [4.69, 9.17) is 21.1 Å². The van der Waals surface area contributed by atoms with Crippen LogP contribution in [0.15, 0.2) is 54.2 Å². The molecule has 0 saturated heterocycles. The second-order valence-corrected chi connectivity index (χ2v) is 7.23. The van der Waals surface area contributed by atoms with E-state index in [1.807, 2.05) is 23.6 Å². The summed E-state index contributed by atoms with van der Waals surface area (Å²) in [6.07, 6.45) is 4.50. The van der Waals surface area contributed by atoms with E-state index < -0.39 is 0 Å². The van der Waals surface area contributed by atoms with E-state index in [0.29, 0.717) is 41.7 Å². The van der Waals surface area contributed by atoms with E-state index in [0.717, 1.165) is 10.4 Å². The molecular formula is C20H19ClN2O3S. The zero-order valence-corrected chi connectivity index (χ0v) is 16.3. The van der Waals surface area contributed by atoms with E-state index in [-0.39, 0.29) is 5.91 Å². The third kappa shape index (κ3) is 5.70. The van der Waals surface area contributed by atoms with Crippen molar-refractivity contribution in [3.05, 3.63) is 69.6 Å². The lowest BCUT2D eigenvalue weighted by Crippen LogP contribution is -2.12. The first kappa shape index (κ1) is 19.2. The predicted molar refractivity (Wildman–Crippen MR) is 108 cm³/mol. The second kappa shape index (κ2) is 9.39. The Morgan fingerprint density at radius 3 is 2.85 bits per heavy atom. The Bertz CT molecular complexity index is 899. The summed E-state index contributed by atoms with van der Waals surface area (Å²) in [6.45, 7) is 0.362. The number of anilines is 1. The number of hydrogen-bond acceptors (Lipinski definition) is 5. The second-order valence-electron chi connectivity index (χ2n) is 5.80. The topological polar surface area (TPSA) is 60.5 Å². The summed E-state index contributed by atoms with van der Waals surface area (Å²) in [5.41, 5.74) is 1.61. The molecule has 3 aromatic rings. The number of hydrogen-bond donors (Lipinski definition) is 1. The standard InChI is InChI=1S/C20H19ClN2O3S/c1-25-18-6-4-16(10-19(18)26-12-14-3-2-8-22-11-14)23-20(24)7-5-17-9-15(21)13-27-17/h2-4,6,8-11,13H,5,7,12H2,1H3,(H,23,24). The number of amides is 1. The summed E-state index contributed by atoms with van der Waals surface area (Å²) in [5.74, 6) is 1.09. The summed E-state index contributed by atoms with van der Waals surface area (Å²) in [5, 5.41) is 5.47. The van der Waals surface area contributed by atoms with Crippen molar-refractivity contribution in [1.82, 2.24) is 4.98 Å². The molecule has 2 aromatic heterocycles. The number of halogens is 1. The smallest absolute Gasteiger partial charge is 0.224 e. The third-order valence-electron chi connectivity index (χ3n) is 3.78. The molecule has 1 N–H and O–H groups in total. The highest BCUT2D eigenvalue weighted by atomic mass is 35.5. The van der Waals surface area contributed by atoms with Gasteiger partial charge in [0.2, 0.25) is 5.91 Å². The molecule has 0 spiro atoms. The van der Waals surface area contributed by atoms with Crippen molar-refractivity contribution in [2.24, 2.45) is 0 Å². The fourth-order valence-electron chi connectivity index (χ4n) is 2.46. The molecule has 0 saturated carbocycles. The van der Waals surface area contributed by atoms with Gasteiger partial charge >= 0.3 is 0 Å². The molecule has 0 radical (unpaired) electrons. The van der Waals surface area contributed by atoms with Crippen molar-refractivity contribution in [2.45, 2.75) is 19.4 Å². The first-order chi connectivity index (χ1) is 13.1. The largest absolute Gasteiger partial charge is 0.493 e. The fraction of sp³-hybridized carbons (Fsp3) is 0.200. The van der Waals surface area contributed by atoms with Crippen LogP contribution in [0.2, 0.25) is 5.02 Å². The molecular weight excluding hydrogens is 384 g/mol. The predicted octanol–water partition coefficient (Wildman–Crippen LogP) is 4.96. The summed E-state index contributed by atoms with van der Waals surface area (Å²) < 4.78 is 11.2. The van der Waals surface area contributed by atoms with Crippen LogP contribution < -0.4 is 14.8 Å². The Morgan fingerprint density at radius 1 is 1.26 bits per heavy atom. The first-order valence-corrected chi connectivity index (χ1v) is 9.62. The fourth-order valence-corrected chi connectivity index (χ4v) is 3.53. The number of pyridine rings is 1. The van der Waals surface area contributed by atoms with Crippen LogP contribution in [0.4, 0.5) is 5.69 Å². The van der Waals surface area contributed by atoms with E-state index >= 15 is 0 Å². The summed E-state index contributed by atoms with van der Waals surface area (Å²) >= 11 is 7.46. The van der Waals surface area contributed by atoms with Crippen molar-refractivity contribution in [3.8, 4) is 11.5 Å². The number of thiophene rings is 1. The van der Waals surface area contributed by atoms with Crippen LogP contribution in [0, 0.1) is 0 Å². The lowest BCUT2D eigenvalue weighted by atomic mass is 10.2. The molecule has 0 bridgehead atoms. The van der Waals surface area contributed by atoms with E-state index in [2.05, 4.69) is 10.3 Å². The minimum Gasteiger partial charge on any atom is -0.493 e. The number of benzene rings is 1. The molecule has 5 nitrogen and oxygen atoms in total.